The van der Waals surface area contributed by atoms with Crippen LogP contribution in [0.5, 0.6) is 0 Å². The molecule has 7 nitrogen and oxygen atoms in total. The van der Waals surface area contributed by atoms with Gasteiger partial charge in [0.05, 0.1) is 6.54 Å². The third kappa shape index (κ3) is 6.64. The zero-order chi connectivity index (χ0) is 21.2. The normalized spacial score (nSPS) is 11.0. The monoisotopic (exact) mass is 395 g/mol. The molecule has 29 heavy (non-hydrogen) atoms. The van der Waals surface area contributed by atoms with Crippen LogP contribution in [0.4, 0.5) is 0 Å². The summed E-state index contributed by atoms with van der Waals surface area (Å²) in [4.78, 5) is 29.7. The summed E-state index contributed by atoms with van der Waals surface area (Å²) in [6.07, 6.45) is 0. The van der Waals surface area contributed by atoms with E-state index in [-0.39, 0.29) is 11.8 Å². The molecule has 2 aromatic rings. The number of guanidine groups is 1. The number of hydrogen-bond donors (Lipinski definition) is 3. The quantitative estimate of drug-likeness (QED) is 0.494. The maximum atomic E-state index is 12.0. The van der Waals surface area contributed by atoms with Crippen molar-refractivity contribution in [2.24, 2.45) is 4.99 Å². The van der Waals surface area contributed by atoms with Crippen LogP contribution >= 0.6 is 0 Å². The standard InChI is InChI=1S/C22H29N5O2/c1-5-24-22(25-14-16-6-10-18(11-7-16)20(28)23-2)26-15-17-8-12-19(13-9-17)21(29)27(3)4/h6-13H,5,14-15H2,1-4H3,(H,23,28)(H2,24,25,26). The first-order valence-electron chi connectivity index (χ1n) is 9.58. The van der Waals surface area contributed by atoms with Gasteiger partial charge in [-0.1, -0.05) is 24.3 Å². The molecule has 0 aliphatic heterocycles. The van der Waals surface area contributed by atoms with Crippen molar-refractivity contribution in [3.05, 3.63) is 70.8 Å². The van der Waals surface area contributed by atoms with Crippen LogP contribution in [0.1, 0.15) is 38.8 Å². The van der Waals surface area contributed by atoms with E-state index < -0.39 is 0 Å². The summed E-state index contributed by atoms with van der Waals surface area (Å²) in [5, 5.41) is 9.12. The van der Waals surface area contributed by atoms with E-state index >= 15 is 0 Å². The number of carbonyl (C=O) groups excluding carboxylic acids is 2. The van der Waals surface area contributed by atoms with Crippen LogP contribution in [0.2, 0.25) is 0 Å². The molecule has 0 aliphatic carbocycles. The Labute approximate surface area is 172 Å². The van der Waals surface area contributed by atoms with Crippen molar-refractivity contribution in [3.63, 3.8) is 0 Å². The third-order valence-electron chi connectivity index (χ3n) is 4.27. The predicted octanol–water partition coefficient (Wildman–Crippen LogP) is 2.00. The van der Waals surface area contributed by atoms with Gasteiger partial charge in [-0.05, 0) is 42.3 Å². The summed E-state index contributed by atoms with van der Waals surface area (Å²) in [5.74, 6) is 0.589. The van der Waals surface area contributed by atoms with Crippen LogP contribution in [-0.4, -0.2) is 50.4 Å². The van der Waals surface area contributed by atoms with Gasteiger partial charge in [0.1, 0.15) is 0 Å². The minimum atomic E-state index is -0.103. The van der Waals surface area contributed by atoms with E-state index in [1.807, 2.05) is 43.3 Å². The Hall–Kier alpha value is -3.35. The number of nitrogens with one attached hydrogen (secondary N) is 3. The number of carbonyl (C=O) groups is 2. The van der Waals surface area contributed by atoms with Gasteiger partial charge >= 0.3 is 0 Å². The van der Waals surface area contributed by atoms with Crippen LogP contribution in [-0.2, 0) is 13.1 Å². The zero-order valence-corrected chi connectivity index (χ0v) is 17.5. The number of amides is 2. The summed E-state index contributed by atoms with van der Waals surface area (Å²) >= 11 is 0. The van der Waals surface area contributed by atoms with Gasteiger partial charge < -0.3 is 20.9 Å². The number of nitrogens with zero attached hydrogens (tertiary/aromatic N) is 2. The van der Waals surface area contributed by atoms with Gasteiger partial charge in [-0.15, -0.1) is 0 Å². The van der Waals surface area contributed by atoms with Crippen LogP contribution < -0.4 is 16.0 Å². The summed E-state index contributed by atoms with van der Waals surface area (Å²) in [5.41, 5.74) is 3.36. The van der Waals surface area contributed by atoms with Crippen molar-refractivity contribution < 1.29 is 9.59 Å². The molecule has 0 unspecified atom stereocenters. The molecule has 0 aromatic heterocycles. The molecular formula is C22H29N5O2. The molecule has 2 aromatic carbocycles. The van der Waals surface area contributed by atoms with Gasteiger partial charge in [-0.2, -0.15) is 0 Å². The Morgan fingerprint density at radius 2 is 1.48 bits per heavy atom. The molecule has 154 valence electrons. The van der Waals surface area contributed by atoms with Crippen LogP contribution in [0.15, 0.2) is 53.5 Å². The average Bonchev–Trinajstić information content (AvgIpc) is 2.75. The molecule has 0 radical (unpaired) electrons. The highest BCUT2D eigenvalue weighted by atomic mass is 16.2. The molecule has 7 heteroatoms. The number of benzene rings is 2. The Balaban J connectivity index is 1.97. The van der Waals surface area contributed by atoms with Crippen molar-refractivity contribution in [1.29, 1.82) is 0 Å². The van der Waals surface area contributed by atoms with Crippen molar-refractivity contribution >= 4 is 17.8 Å². The van der Waals surface area contributed by atoms with Crippen molar-refractivity contribution in [2.75, 3.05) is 27.7 Å². The third-order valence-corrected chi connectivity index (χ3v) is 4.27. The minimum Gasteiger partial charge on any atom is -0.357 e. The van der Waals surface area contributed by atoms with Gasteiger partial charge in [0.2, 0.25) is 0 Å². The van der Waals surface area contributed by atoms with Gasteiger partial charge in [-0.3, -0.25) is 9.59 Å². The second kappa shape index (κ2) is 10.8. The van der Waals surface area contributed by atoms with E-state index in [1.165, 1.54) is 0 Å². The average molecular weight is 396 g/mol. The number of hydrogen-bond acceptors (Lipinski definition) is 3. The topological polar surface area (TPSA) is 85.8 Å². The lowest BCUT2D eigenvalue weighted by molar-refractivity contribution is 0.0827. The lowest BCUT2D eigenvalue weighted by Crippen LogP contribution is -2.36. The van der Waals surface area contributed by atoms with E-state index in [2.05, 4.69) is 20.9 Å². The van der Waals surface area contributed by atoms with E-state index in [0.717, 1.165) is 17.7 Å². The second-order valence-corrected chi connectivity index (χ2v) is 6.72. The van der Waals surface area contributed by atoms with Crippen LogP contribution in [0.25, 0.3) is 0 Å². The van der Waals surface area contributed by atoms with Crippen molar-refractivity contribution in [3.8, 4) is 0 Å². The lowest BCUT2D eigenvalue weighted by atomic mass is 10.1. The van der Waals surface area contributed by atoms with Crippen LogP contribution in [0.3, 0.4) is 0 Å². The van der Waals surface area contributed by atoms with Crippen molar-refractivity contribution in [1.82, 2.24) is 20.9 Å². The highest BCUT2D eigenvalue weighted by Crippen LogP contribution is 2.07. The highest BCUT2D eigenvalue weighted by molar-refractivity contribution is 5.94. The molecule has 3 N–H and O–H groups in total. The first-order chi connectivity index (χ1) is 13.9. The summed E-state index contributed by atoms with van der Waals surface area (Å²) in [6.45, 7) is 3.85. The molecule has 0 saturated carbocycles. The minimum absolute atomic E-state index is 0.0122. The fourth-order valence-electron chi connectivity index (χ4n) is 2.63. The maximum absolute atomic E-state index is 12.0. The molecule has 0 bridgehead atoms. The Kier molecular flexibility index (Phi) is 8.21. The predicted molar refractivity (Wildman–Crippen MR) is 116 cm³/mol. The Morgan fingerprint density at radius 3 is 2.03 bits per heavy atom. The van der Waals surface area contributed by atoms with Gasteiger partial charge in [0, 0.05) is 45.4 Å². The van der Waals surface area contributed by atoms with Gasteiger partial charge in [-0.25, -0.2) is 4.99 Å². The first kappa shape index (κ1) is 21.9. The molecular weight excluding hydrogens is 366 g/mol. The summed E-state index contributed by atoms with van der Waals surface area (Å²) in [7, 11) is 5.09. The largest absolute Gasteiger partial charge is 0.357 e. The molecule has 0 heterocycles. The zero-order valence-electron chi connectivity index (χ0n) is 17.5. The van der Waals surface area contributed by atoms with E-state index in [1.54, 1.807) is 38.2 Å². The van der Waals surface area contributed by atoms with Crippen molar-refractivity contribution in [2.45, 2.75) is 20.0 Å². The molecule has 0 atom stereocenters. The van der Waals surface area contributed by atoms with Crippen LogP contribution in [0, 0.1) is 0 Å². The van der Waals surface area contributed by atoms with E-state index in [4.69, 9.17) is 0 Å². The Bertz CT molecular complexity index is 843. The highest BCUT2D eigenvalue weighted by Gasteiger charge is 2.07. The molecule has 0 fully saturated rings. The fourth-order valence-corrected chi connectivity index (χ4v) is 2.63. The van der Waals surface area contributed by atoms with E-state index in [0.29, 0.717) is 30.2 Å². The smallest absolute Gasteiger partial charge is 0.253 e. The van der Waals surface area contributed by atoms with E-state index in [9.17, 15) is 9.59 Å². The lowest BCUT2D eigenvalue weighted by Gasteiger charge is -2.13. The Morgan fingerprint density at radius 1 is 0.897 bits per heavy atom. The number of aliphatic imine (C=N–C) groups is 1. The summed E-state index contributed by atoms with van der Waals surface area (Å²) < 4.78 is 0. The fraction of sp³-hybridized carbons (Fsp3) is 0.318. The first-order valence-corrected chi connectivity index (χ1v) is 9.58. The molecule has 0 aliphatic rings. The second-order valence-electron chi connectivity index (χ2n) is 6.72. The summed E-state index contributed by atoms with van der Waals surface area (Å²) in [6, 6.07) is 14.9. The SMILES string of the molecule is CCNC(=NCc1ccc(C(=O)NC)cc1)NCc1ccc(C(=O)N(C)C)cc1. The van der Waals surface area contributed by atoms with Gasteiger partial charge in [0.25, 0.3) is 11.8 Å². The molecule has 0 spiro atoms. The molecule has 2 amide bonds. The molecule has 0 saturated heterocycles. The number of rotatable bonds is 7. The maximum Gasteiger partial charge on any atom is 0.253 e. The molecule has 2 rings (SSSR count). The van der Waals surface area contributed by atoms with Gasteiger partial charge in [0.15, 0.2) is 5.96 Å².